The lowest BCUT2D eigenvalue weighted by atomic mass is 10.2. The molecule has 0 fully saturated rings. The zero-order valence-corrected chi connectivity index (χ0v) is 17.6. The second kappa shape index (κ2) is 10.3. The number of hydrogen-bond donors (Lipinski definition) is 2. The Kier molecular flexibility index (Phi) is 8.14. The Balaban J connectivity index is 1.97. The molecule has 1 amide bonds. The summed E-state index contributed by atoms with van der Waals surface area (Å²) >= 11 is 6.14. The lowest BCUT2D eigenvalue weighted by molar-refractivity contribution is -0.123. The Morgan fingerprint density at radius 1 is 1.11 bits per heavy atom. The molecule has 0 aliphatic rings. The summed E-state index contributed by atoms with van der Waals surface area (Å²) < 4.78 is 32.9. The molecule has 2 aromatic rings. The first kappa shape index (κ1) is 22.0. The van der Waals surface area contributed by atoms with E-state index >= 15 is 0 Å². The molecule has 2 aromatic carbocycles. The first-order valence-corrected chi connectivity index (χ1v) is 11.0. The number of unbranched alkanes of at least 4 members (excludes halogenated alkanes) is 2. The van der Waals surface area contributed by atoms with Crippen LogP contribution in [-0.4, -0.2) is 27.5 Å². The minimum atomic E-state index is -3.78. The van der Waals surface area contributed by atoms with Crippen molar-refractivity contribution in [3.05, 3.63) is 53.1 Å². The molecule has 0 aliphatic carbocycles. The molecule has 2 N–H and O–H groups in total. The molecular formula is C20H25ClN2O4S. The van der Waals surface area contributed by atoms with Gasteiger partial charge in [-0.2, -0.15) is 0 Å². The van der Waals surface area contributed by atoms with Crippen molar-refractivity contribution in [2.24, 2.45) is 0 Å². The van der Waals surface area contributed by atoms with Gasteiger partial charge in [-0.25, -0.2) is 8.42 Å². The van der Waals surface area contributed by atoms with E-state index in [9.17, 15) is 13.2 Å². The number of benzene rings is 2. The van der Waals surface area contributed by atoms with Gasteiger partial charge in [0.05, 0.1) is 9.92 Å². The molecule has 28 heavy (non-hydrogen) atoms. The van der Waals surface area contributed by atoms with E-state index in [-0.39, 0.29) is 28.2 Å². The topological polar surface area (TPSA) is 84.5 Å². The summed E-state index contributed by atoms with van der Waals surface area (Å²) in [5.41, 5.74) is 1.49. The fraction of sp³-hybridized carbons (Fsp3) is 0.350. The van der Waals surface area contributed by atoms with Crippen LogP contribution in [0.25, 0.3) is 0 Å². The third-order valence-electron chi connectivity index (χ3n) is 3.98. The molecule has 2 rings (SSSR count). The normalized spacial score (nSPS) is 11.1. The predicted molar refractivity (Wildman–Crippen MR) is 111 cm³/mol. The maximum atomic E-state index is 12.5. The SMILES string of the molecule is CCCCCNC(=O)COc1ccc(S(=O)(=O)Nc2ccc(C)cc2)cc1Cl. The average molecular weight is 425 g/mol. The number of rotatable bonds is 10. The van der Waals surface area contributed by atoms with Gasteiger partial charge in [0.15, 0.2) is 6.61 Å². The molecule has 0 saturated carbocycles. The van der Waals surface area contributed by atoms with Crippen molar-refractivity contribution in [1.29, 1.82) is 0 Å². The highest BCUT2D eigenvalue weighted by Crippen LogP contribution is 2.28. The van der Waals surface area contributed by atoms with Crippen molar-refractivity contribution in [3.8, 4) is 5.75 Å². The molecule has 0 unspecified atom stereocenters. The first-order valence-electron chi connectivity index (χ1n) is 9.10. The van der Waals surface area contributed by atoms with E-state index in [0.29, 0.717) is 12.2 Å². The van der Waals surface area contributed by atoms with Crippen LogP contribution < -0.4 is 14.8 Å². The van der Waals surface area contributed by atoms with Crippen LogP contribution >= 0.6 is 11.6 Å². The molecule has 6 nitrogen and oxygen atoms in total. The Bertz CT molecular complexity index is 899. The smallest absolute Gasteiger partial charge is 0.261 e. The van der Waals surface area contributed by atoms with Gasteiger partial charge < -0.3 is 10.1 Å². The van der Waals surface area contributed by atoms with Crippen LogP contribution in [-0.2, 0) is 14.8 Å². The highest BCUT2D eigenvalue weighted by molar-refractivity contribution is 7.92. The van der Waals surface area contributed by atoms with E-state index in [4.69, 9.17) is 16.3 Å². The summed E-state index contributed by atoms with van der Waals surface area (Å²) in [5.74, 6) is 0.00423. The highest BCUT2D eigenvalue weighted by Gasteiger charge is 2.17. The largest absolute Gasteiger partial charge is 0.482 e. The molecule has 0 aromatic heterocycles. The van der Waals surface area contributed by atoms with Gasteiger partial charge in [-0.15, -0.1) is 0 Å². The van der Waals surface area contributed by atoms with E-state index in [0.717, 1.165) is 24.8 Å². The molecule has 0 atom stereocenters. The highest BCUT2D eigenvalue weighted by atomic mass is 35.5. The van der Waals surface area contributed by atoms with Gasteiger partial charge in [0.1, 0.15) is 5.75 Å². The zero-order valence-electron chi connectivity index (χ0n) is 16.0. The molecule has 0 heterocycles. The van der Waals surface area contributed by atoms with E-state index < -0.39 is 10.0 Å². The van der Waals surface area contributed by atoms with Gasteiger partial charge >= 0.3 is 0 Å². The monoisotopic (exact) mass is 424 g/mol. The quantitative estimate of drug-likeness (QED) is 0.561. The number of hydrogen-bond acceptors (Lipinski definition) is 4. The second-order valence-corrected chi connectivity index (χ2v) is 8.50. The summed E-state index contributed by atoms with van der Waals surface area (Å²) in [5, 5.41) is 2.88. The third kappa shape index (κ3) is 6.73. The number of aryl methyl sites for hydroxylation is 1. The number of anilines is 1. The first-order chi connectivity index (χ1) is 13.3. The number of carbonyl (C=O) groups excluding carboxylic acids is 1. The molecule has 0 bridgehead atoms. The van der Waals surface area contributed by atoms with E-state index in [2.05, 4.69) is 17.0 Å². The lowest BCUT2D eigenvalue weighted by Gasteiger charge is -2.12. The fourth-order valence-corrected chi connectivity index (χ4v) is 3.78. The number of carbonyl (C=O) groups is 1. The molecular weight excluding hydrogens is 400 g/mol. The van der Waals surface area contributed by atoms with Gasteiger partial charge in [0.25, 0.3) is 15.9 Å². The summed E-state index contributed by atoms with van der Waals surface area (Å²) in [6.45, 7) is 4.43. The molecule has 0 saturated heterocycles. The lowest BCUT2D eigenvalue weighted by Crippen LogP contribution is -2.29. The van der Waals surface area contributed by atoms with E-state index in [1.54, 1.807) is 12.1 Å². The minimum Gasteiger partial charge on any atom is -0.482 e. The molecule has 152 valence electrons. The van der Waals surface area contributed by atoms with Gasteiger partial charge in [-0.05, 0) is 43.7 Å². The number of halogens is 1. The minimum absolute atomic E-state index is 0.00874. The Morgan fingerprint density at radius 3 is 2.46 bits per heavy atom. The maximum absolute atomic E-state index is 12.5. The number of ether oxygens (including phenoxy) is 1. The Labute approximate surface area is 171 Å². The number of sulfonamides is 1. The van der Waals surface area contributed by atoms with Crippen LogP contribution in [0, 0.1) is 6.92 Å². The number of nitrogens with one attached hydrogen (secondary N) is 2. The van der Waals surface area contributed by atoms with Crippen molar-refractivity contribution in [2.75, 3.05) is 17.9 Å². The van der Waals surface area contributed by atoms with Crippen LogP contribution in [0.5, 0.6) is 5.75 Å². The van der Waals surface area contributed by atoms with Gasteiger partial charge in [0.2, 0.25) is 0 Å². The molecule has 0 spiro atoms. The Hall–Kier alpha value is -2.25. The van der Waals surface area contributed by atoms with Gasteiger partial charge in [-0.3, -0.25) is 9.52 Å². The van der Waals surface area contributed by atoms with Crippen LogP contribution in [0.2, 0.25) is 5.02 Å². The van der Waals surface area contributed by atoms with Crippen LogP contribution in [0.1, 0.15) is 31.7 Å². The average Bonchev–Trinajstić information content (AvgIpc) is 2.66. The summed E-state index contributed by atoms with van der Waals surface area (Å²) in [6, 6.07) is 11.1. The van der Waals surface area contributed by atoms with Crippen LogP contribution in [0.4, 0.5) is 5.69 Å². The van der Waals surface area contributed by atoms with Crippen molar-refractivity contribution >= 4 is 33.2 Å². The van der Waals surface area contributed by atoms with Gasteiger partial charge in [0, 0.05) is 12.2 Å². The number of amides is 1. The maximum Gasteiger partial charge on any atom is 0.261 e. The van der Waals surface area contributed by atoms with Crippen LogP contribution in [0.15, 0.2) is 47.4 Å². The standard InChI is InChI=1S/C20H25ClN2O4S/c1-3-4-5-12-22-20(24)14-27-19-11-10-17(13-18(19)21)28(25,26)23-16-8-6-15(2)7-9-16/h6-11,13,23H,3-5,12,14H2,1-2H3,(H,22,24). The summed E-state index contributed by atoms with van der Waals surface area (Å²) in [4.78, 5) is 11.8. The molecule has 0 aliphatic heterocycles. The molecule has 8 heteroatoms. The van der Waals surface area contributed by atoms with Crippen molar-refractivity contribution in [3.63, 3.8) is 0 Å². The fourth-order valence-electron chi connectivity index (χ4n) is 2.40. The molecule has 0 radical (unpaired) electrons. The Morgan fingerprint density at radius 2 is 1.82 bits per heavy atom. The second-order valence-electron chi connectivity index (χ2n) is 6.41. The zero-order chi connectivity index (χ0) is 20.6. The van der Waals surface area contributed by atoms with Crippen molar-refractivity contribution < 1.29 is 17.9 Å². The summed E-state index contributed by atoms with van der Waals surface area (Å²) in [6.07, 6.45) is 3.05. The third-order valence-corrected chi connectivity index (χ3v) is 5.65. The van der Waals surface area contributed by atoms with Crippen molar-refractivity contribution in [1.82, 2.24) is 5.32 Å². The van der Waals surface area contributed by atoms with Crippen LogP contribution in [0.3, 0.4) is 0 Å². The van der Waals surface area contributed by atoms with Gasteiger partial charge in [-0.1, -0.05) is 49.1 Å². The van der Waals surface area contributed by atoms with E-state index in [1.807, 2.05) is 19.1 Å². The summed E-state index contributed by atoms with van der Waals surface area (Å²) in [7, 11) is -3.78. The van der Waals surface area contributed by atoms with Crippen molar-refractivity contribution in [2.45, 2.75) is 38.0 Å². The predicted octanol–water partition coefficient (Wildman–Crippen LogP) is 4.13. The van der Waals surface area contributed by atoms with E-state index in [1.165, 1.54) is 18.2 Å².